The SMILES string of the molecule is CCC1CC1N1C(=O)CNC1c1ccc(C)s1. The molecule has 1 aliphatic heterocycles. The van der Waals surface area contributed by atoms with Crippen LogP contribution >= 0.6 is 11.3 Å². The Morgan fingerprint density at radius 2 is 2.35 bits per heavy atom. The number of hydrogen-bond donors (Lipinski definition) is 1. The highest BCUT2D eigenvalue weighted by Crippen LogP contribution is 2.43. The summed E-state index contributed by atoms with van der Waals surface area (Å²) in [6, 6.07) is 4.76. The summed E-state index contributed by atoms with van der Waals surface area (Å²) in [5.74, 6) is 0.990. The molecular weight excluding hydrogens is 232 g/mol. The molecule has 3 rings (SSSR count). The lowest BCUT2D eigenvalue weighted by atomic mass is 10.3. The predicted octanol–water partition coefficient (Wildman–Crippen LogP) is 2.29. The van der Waals surface area contributed by atoms with Gasteiger partial charge in [-0.25, -0.2) is 0 Å². The summed E-state index contributed by atoms with van der Waals surface area (Å²) < 4.78 is 0. The molecule has 2 heterocycles. The minimum atomic E-state index is 0.128. The van der Waals surface area contributed by atoms with Crippen LogP contribution in [0.4, 0.5) is 0 Å². The van der Waals surface area contributed by atoms with Crippen LogP contribution < -0.4 is 5.32 Å². The Balaban J connectivity index is 1.82. The topological polar surface area (TPSA) is 32.3 Å². The van der Waals surface area contributed by atoms with Gasteiger partial charge in [0.05, 0.1) is 6.54 Å². The Kier molecular flexibility index (Phi) is 2.71. The second-order valence-electron chi connectivity index (χ2n) is 5.00. The van der Waals surface area contributed by atoms with E-state index in [4.69, 9.17) is 0 Å². The first kappa shape index (κ1) is 11.2. The van der Waals surface area contributed by atoms with Crippen molar-refractivity contribution in [3.63, 3.8) is 0 Å². The summed E-state index contributed by atoms with van der Waals surface area (Å²) in [5.41, 5.74) is 0. The van der Waals surface area contributed by atoms with Gasteiger partial charge < -0.3 is 4.90 Å². The summed E-state index contributed by atoms with van der Waals surface area (Å²) in [7, 11) is 0. The van der Waals surface area contributed by atoms with Crippen molar-refractivity contribution < 1.29 is 4.79 Å². The van der Waals surface area contributed by atoms with Gasteiger partial charge in [0.2, 0.25) is 5.91 Å². The van der Waals surface area contributed by atoms with Gasteiger partial charge in [0.1, 0.15) is 6.17 Å². The van der Waals surface area contributed by atoms with E-state index in [1.54, 1.807) is 11.3 Å². The smallest absolute Gasteiger partial charge is 0.238 e. The van der Waals surface area contributed by atoms with E-state index < -0.39 is 0 Å². The van der Waals surface area contributed by atoms with Gasteiger partial charge in [0, 0.05) is 15.8 Å². The molecule has 0 bridgehead atoms. The van der Waals surface area contributed by atoms with Crippen LogP contribution in [0.25, 0.3) is 0 Å². The van der Waals surface area contributed by atoms with Crippen LogP contribution in [-0.4, -0.2) is 23.4 Å². The lowest BCUT2D eigenvalue weighted by Crippen LogP contribution is -2.32. The molecule has 1 amide bonds. The van der Waals surface area contributed by atoms with Gasteiger partial charge in [-0.3, -0.25) is 10.1 Å². The third-order valence-electron chi connectivity index (χ3n) is 3.81. The van der Waals surface area contributed by atoms with Crippen LogP contribution in [0.3, 0.4) is 0 Å². The molecule has 92 valence electrons. The number of aryl methyl sites for hydroxylation is 1. The largest absolute Gasteiger partial charge is 0.318 e. The molecule has 4 heteroatoms. The van der Waals surface area contributed by atoms with Crippen LogP contribution in [0.5, 0.6) is 0 Å². The molecule has 3 atom stereocenters. The van der Waals surface area contributed by atoms with Crippen molar-refractivity contribution in [2.24, 2.45) is 5.92 Å². The highest BCUT2D eigenvalue weighted by Gasteiger charge is 2.48. The standard InChI is InChI=1S/C13H18N2OS/c1-3-9-6-10(9)15-12(16)7-14-13(15)11-5-4-8(2)17-11/h4-5,9-10,13-14H,3,6-7H2,1-2H3. The quantitative estimate of drug-likeness (QED) is 0.892. The first-order valence-electron chi connectivity index (χ1n) is 6.31. The van der Waals surface area contributed by atoms with E-state index in [1.165, 1.54) is 22.6 Å². The molecule has 0 spiro atoms. The van der Waals surface area contributed by atoms with Crippen molar-refractivity contribution in [2.75, 3.05) is 6.54 Å². The lowest BCUT2D eigenvalue weighted by molar-refractivity contribution is -0.128. The van der Waals surface area contributed by atoms with E-state index in [9.17, 15) is 4.79 Å². The number of carbonyl (C=O) groups is 1. The summed E-state index contributed by atoms with van der Waals surface area (Å²) in [6.45, 7) is 4.82. The van der Waals surface area contributed by atoms with Crippen LogP contribution in [0.1, 0.15) is 35.7 Å². The second-order valence-corrected chi connectivity index (χ2v) is 6.32. The number of nitrogens with zero attached hydrogens (tertiary/aromatic N) is 1. The number of nitrogens with one attached hydrogen (secondary N) is 1. The molecule has 1 aliphatic carbocycles. The van der Waals surface area contributed by atoms with Crippen LogP contribution in [-0.2, 0) is 4.79 Å². The summed E-state index contributed by atoms with van der Waals surface area (Å²) >= 11 is 1.79. The van der Waals surface area contributed by atoms with E-state index in [2.05, 4.69) is 36.2 Å². The van der Waals surface area contributed by atoms with Crippen LogP contribution in [0.15, 0.2) is 12.1 Å². The Bertz CT molecular complexity index is 442. The molecule has 1 aromatic rings. The highest BCUT2D eigenvalue weighted by atomic mass is 32.1. The van der Waals surface area contributed by atoms with Gasteiger partial charge in [-0.05, 0) is 31.4 Å². The molecule has 0 aromatic carbocycles. The van der Waals surface area contributed by atoms with Gasteiger partial charge >= 0.3 is 0 Å². The average Bonchev–Trinajstić information content (AvgIpc) is 2.80. The number of thiophene rings is 1. The van der Waals surface area contributed by atoms with Crippen molar-refractivity contribution in [3.05, 3.63) is 21.9 Å². The lowest BCUT2D eigenvalue weighted by Gasteiger charge is -2.23. The number of amides is 1. The predicted molar refractivity (Wildman–Crippen MR) is 68.8 cm³/mol. The van der Waals surface area contributed by atoms with Crippen LogP contribution in [0.2, 0.25) is 0 Å². The minimum absolute atomic E-state index is 0.128. The van der Waals surface area contributed by atoms with Gasteiger partial charge in [0.15, 0.2) is 0 Å². The number of rotatable bonds is 3. The molecule has 1 aromatic heterocycles. The maximum atomic E-state index is 12.0. The molecule has 3 unspecified atom stereocenters. The van der Waals surface area contributed by atoms with Crippen molar-refractivity contribution in [2.45, 2.75) is 38.9 Å². The van der Waals surface area contributed by atoms with Crippen LogP contribution in [0, 0.1) is 12.8 Å². The molecule has 3 nitrogen and oxygen atoms in total. The Hall–Kier alpha value is -0.870. The molecule has 1 saturated carbocycles. The monoisotopic (exact) mass is 250 g/mol. The molecule has 1 saturated heterocycles. The molecular formula is C13H18N2OS. The fraction of sp³-hybridized carbons (Fsp3) is 0.615. The molecule has 2 fully saturated rings. The normalized spacial score (nSPS) is 32.2. The molecule has 17 heavy (non-hydrogen) atoms. The second kappa shape index (κ2) is 4.10. The van der Waals surface area contributed by atoms with Crippen molar-refractivity contribution in [1.29, 1.82) is 0 Å². The Morgan fingerprint density at radius 1 is 1.53 bits per heavy atom. The fourth-order valence-electron chi connectivity index (χ4n) is 2.74. The fourth-order valence-corrected chi connectivity index (χ4v) is 3.70. The third kappa shape index (κ3) is 1.89. The van der Waals surface area contributed by atoms with E-state index in [0.717, 1.165) is 5.92 Å². The maximum Gasteiger partial charge on any atom is 0.238 e. The first-order valence-corrected chi connectivity index (χ1v) is 7.13. The maximum absolute atomic E-state index is 12.0. The number of carbonyl (C=O) groups excluding carboxylic acids is 1. The summed E-state index contributed by atoms with van der Waals surface area (Å²) in [6.07, 6.45) is 2.50. The summed E-state index contributed by atoms with van der Waals surface area (Å²) in [5, 5.41) is 3.34. The van der Waals surface area contributed by atoms with Gasteiger partial charge in [-0.15, -0.1) is 11.3 Å². The molecule has 0 radical (unpaired) electrons. The zero-order chi connectivity index (χ0) is 12.0. The zero-order valence-electron chi connectivity index (χ0n) is 10.3. The van der Waals surface area contributed by atoms with E-state index in [0.29, 0.717) is 12.6 Å². The van der Waals surface area contributed by atoms with Gasteiger partial charge in [-0.1, -0.05) is 13.3 Å². The Labute approximate surface area is 106 Å². The van der Waals surface area contributed by atoms with E-state index >= 15 is 0 Å². The van der Waals surface area contributed by atoms with Gasteiger partial charge in [-0.2, -0.15) is 0 Å². The molecule has 2 aliphatic rings. The van der Waals surface area contributed by atoms with Gasteiger partial charge in [0.25, 0.3) is 0 Å². The highest BCUT2D eigenvalue weighted by molar-refractivity contribution is 7.12. The summed E-state index contributed by atoms with van der Waals surface area (Å²) in [4.78, 5) is 16.6. The van der Waals surface area contributed by atoms with E-state index in [1.807, 2.05) is 0 Å². The van der Waals surface area contributed by atoms with Crippen molar-refractivity contribution in [3.8, 4) is 0 Å². The number of hydrogen-bond acceptors (Lipinski definition) is 3. The molecule has 1 N–H and O–H groups in total. The minimum Gasteiger partial charge on any atom is -0.318 e. The first-order chi connectivity index (χ1) is 8.20. The van der Waals surface area contributed by atoms with E-state index in [-0.39, 0.29) is 12.1 Å². The van der Waals surface area contributed by atoms with Crippen molar-refractivity contribution in [1.82, 2.24) is 10.2 Å². The Morgan fingerprint density at radius 3 is 2.94 bits per heavy atom. The zero-order valence-corrected chi connectivity index (χ0v) is 11.1. The van der Waals surface area contributed by atoms with Crippen molar-refractivity contribution >= 4 is 17.2 Å². The third-order valence-corrected chi connectivity index (χ3v) is 4.86. The average molecular weight is 250 g/mol.